The second-order valence-corrected chi connectivity index (χ2v) is 5.00. The maximum atomic E-state index is 10.4. The fourth-order valence-electron chi connectivity index (χ4n) is 2.46. The predicted octanol–water partition coefficient (Wildman–Crippen LogP) is 1.21. The molecule has 0 amide bonds. The van der Waals surface area contributed by atoms with Crippen LogP contribution in [-0.4, -0.2) is 62.6 Å². The fourth-order valence-corrected chi connectivity index (χ4v) is 2.46. The molecular weight excluding hydrogens is 258 g/mol. The van der Waals surface area contributed by atoms with E-state index in [0.29, 0.717) is 18.8 Å². The Bertz CT molecular complexity index is 416. The second kappa shape index (κ2) is 7.33. The number of nitrogens with zero attached hydrogens (tertiary/aromatic N) is 3. The standard InChI is InChI=1S/C14H21N3O3/c1-20-11-14(18)10-16-6-8-17(9-7-16)13-4-2-12(15-19)3-5-13/h2-5,14,18H,6-11H2,1H3. The monoisotopic (exact) mass is 279 g/mol. The van der Waals surface area contributed by atoms with Gasteiger partial charge >= 0.3 is 0 Å². The molecule has 1 aromatic rings. The van der Waals surface area contributed by atoms with Crippen molar-refractivity contribution >= 4 is 11.4 Å². The Morgan fingerprint density at radius 2 is 1.90 bits per heavy atom. The van der Waals surface area contributed by atoms with Crippen LogP contribution in [0.3, 0.4) is 0 Å². The van der Waals surface area contributed by atoms with Crippen LogP contribution < -0.4 is 4.90 Å². The lowest BCUT2D eigenvalue weighted by Gasteiger charge is -2.36. The highest BCUT2D eigenvalue weighted by atomic mass is 16.5. The molecule has 1 unspecified atom stereocenters. The highest BCUT2D eigenvalue weighted by molar-refractivity contribution is 5.53. The van der Waals surface area contributed by atoms with Crippen LogP contribution in [0.15, 0.2) is 29.4 Å². The lowest BCUT2D eigenvalue weighted by molar-refractivity contribution is 0.0365. The van der Waals surface area contributed by atoms with Gasteiger partial charge in [0.15, 0.2) is 0 Å². The third-order valence-electron chi connectivity index (χ3n) is 3.52. The van der Waals surface area contributed by atoms with Crippen molar-refractivity contribution in [2.24, 2.45) is 5.18 Å². The van der Waals surface area contributed by atoms with Crippen LogP contribution in [-0.2, 0) is 4.74 Å². The first-order chi connectivity index (χ1) is 9.72. The minimum atomic E-state index is -0.426. The molecule has 110 valence electrons. The minimum Gasteiger partial charge on any atom is -0.389 e. The number of hydrogen-bond donors (Lipinski definition) is 1. The van der Waals surface area contributed by atoms with Crippen molar-refractivity contribution in [2.75, 3.05) is 51.3 Å². The molecule has 0 radical (unpaired) electrons. The number of ether oxygens (including phenoxy) is 1. The number of aliphatic hydroxyl groups excluding tert-OH is 1. The lowest BCUT2D eigenvalue weighted by atomic mass is 10.2. The molecule has 1 heterocycles. The summed E-state index contributed by atoms with van der Waals surface area (Å²) in [4.78, 5) is 14.9. The zero-order valence-corrected chi connectivity index (χ0v) is 11.7. The van der Waals surface area contributed by atoms with Crippen LogP contribution in [0.2, 0.25) is 0 Å². The summed E-state index contributed by atoms with van der Waals surface area (Å²) in [6, 6.07) is 7.31. The third kappa shape index (κ3) is 4.00. The zero-order chi connectivity index (χ0) is 14.4. The average Bonchev–Trinajstić information content (AvgIpc) is 2.48. The number of piperazine rings is 1. The van der Waals surface area contributed by atoms with Crippen LogP contribution in [0.4, 0.5) is 11.4 Å². The van der Waals surface area contributed by atoms with E-state index >= 15 is 0 Å². The fraction of sp³-hybridized carbons (Fsp3) is 0.571. The summed E-state index contributed by atoms with van der Waals surface area (Å²) in [5.41, 5.74) is 1.56. The molecule has 1 aliphatic rings. The Labute approximate surface area is 118 Å². The van der Waals surface area contributed by atoms with E-state index in [0.717, 1.165) is 31.9 Å². The number of benzene rings is 1. The molecule has 0 spiro atoms. The van der Waals surface area contributed by atoms with Crippen molar-refractivity contribution in [3.63, 3.8) is 0 Å². The number of aliphatic hydroxyl groups is 1. The van der Waals surface area contributed by atoms with E-state index in [1.54, 1.807) is 19.2 Å². The summed E-state index contributed by atoms with van der Waals surface area (Å²) < 4.78 is 4.94. The van der Waals surface area contributed by atoms with Crippen LogP contribution in [0, 0.1) is 4.91 Å². The minimum absolute atomic E-state index is 0.375. The van der Waals surface area contributed by atoms with E-state index < -0.39 is 6.10 Å². The molecule has 1 atom stereocenters. The summed E-state index contributed by atoms with van der Waals surface area (Å²) in [7, 11) is 1.60. The first-order valence-corrected chi connectivity index (χ1v) is 6.80. The van der Waals surface area contributed by atoms with Gasteiger partial charge in [0, 0.05) is 45.5 Å². The van der Waals surface area contributed by atoms with Crippen LogP contribution >= 0.6 is 0 Å². The van der Waals surface area contributed by atoms with Gasteiger partial charge in [-0.15, -0.1) is 4.91 Å². The Balaban J connectivity index is 1.82. The molecule has 1 N–H and O–H groups in total. The van der Waals surface area contributed by atoms with Gasteiger partial charge in [0.25, 0.3) is 0 Å². The third-order valence-corrected chi connectivity index (χ3v) is 3.52. The van der Waals surface area contributed by atoms with Crippen molar-refractivity contribution < 1.29 is 9.84 Å². The molecule has 1 fully saturated rings. The van der Waals surface area contributed by atoms with Crippen LogP contribution in [0.25, 0.3) is 0 Å². The van der Waals surface area contributed by atoms with Gasteiger partial charge in [-0.3, -0.25) is 4.90 Å². The number of anilines is 1. The molecule has 6 heteroatoms. The molecule has 1 aliphatic heterocycles. The molecule has 0 aromatic heterocycles. The summed E-state index contributed by atoms with van der Waals surface area (Å²) >= 11 is 0. The average molecular weight is 279 g/mol. The van der Waals surface area contributed by atoms with Crippen LogP contribution in [0.5, 0.6) is 0 Å². The van der Waals surface area contributed by atoms with Crippen molar-refractivity contribution in [1.82, 2.24) is 4.90 Å². The van der Waals surface area contributed by atoms with Gasteiger partial charge in [-0.25, -0.2) is 0 Å². The number of rotatable bonds is 6. The number of hydrogen-bond acceptors (Lipinski definition) is 6. The Morgan fingerprint density at radius 1 is 1.25 bits per heavy atom. The maximum Gasteiger partial charge on any atom is 0.108 e. The molecule has 0 bridgehead atoms. The van der Waals surface area contributed by atoms with E-state index in [4.69, 9.17) is 4.74 Å². The predicted molar refractivity (Wildman–Crippen MR) is 78.4 cm³/mol. The SMILES string of the molecule is COCC(O)CN1CCN(c2ccc(N=O)cc2)CC1. The first kappa shape index (κ1) is 14.9. The summed E-state index contributed by atoms with van der Waals surface area (Å²) in [6.07, 6.45) is -0.426. The quantitative estimate of drug-likeness (QED) is 0.793. The highest BCUT2D eigenvalue weighted by Gasteiger charge is 2.19. The van der Waals surface area contributed by atoms with Gasteiger partial charge < -0.3 is 14.7 Å². The zero-order valence-electron chi connectivity index (χ0n) is 11.7. The molecule has 0 saturated carbocycles. The molecule has 2 rings (SSSR count). The Kier molecular flexibility index (Phi) is 5.46. The highest BCUT2D eigenvalue weighted by Crippen LogP contribution is 2.20. The lowest BCUT2D eigenvalue weighted by Crippen LogP contribution is -2.49. The van der Waals surface area contributed by atoms with E-state index in [2.05, 4.69) is 15.0 Å². The molecule has 1 saturated heterocycles. The molecule has 1 aromatic carbocycles. The maximum absolute atomic E-state index is 10.4. The molecular formula is C14H21N3O3. The Hall–Kier alpha value is -1.50. The summed E-state index contributed by atoms with van der Waals surface area (Å²) in [5, 5.41) is 12.6. The normalized spacial score (nSPS) is 18.0. The van der Waals surface area contributed by atoms with Gasteiger partial charge in [0.1, 0.15) is 5.69 Å². The first-order valence-electron chi connectivity index (χ1n) is 6.80. The van der Waals surface area contributed by atoms with Crippen molar-refractivity contribution in [3.8, 4) is 0 Å². The molecule has 6 nitrogen and oxygen atoms in total. The summed E-state index contributed by atoms with van der Waals surface area (Å²) in [5.74, 6) is 0. The van der Waals surface area contributed by atoms with Crippen molar-refractivity contribution in [1.29, 1.82) is 0 Å². The second-order valence-electron chi connectivity index (χ2n) is 5.00. The van der Waals surface area contributed by atoms with E-state index in [-0.39, 0.29) is 0 Å². The van der Waals surface area contributed by atoms with Crippen LogP contribution in [0.1, 0.15) is 0 Å². The van der Waals surface area contributed by atoms with E-state index in [1.807, 2.05) is 12.1 Å². The molecule has 0 aliphatic carbocycles. The van der Waals surface area contributed by atoms with Gasteiger partial charge in [-0.05, 0) is 29.4 Å². The van der Waals surface area contributed by atoms with Gasteiger partial charge in [0.2, 0.25) is 0 Å². The molecule has 20 heavy (non-hydrogen) atoms. The Morgan fingerprint density at radius 3 is 2.45 bits per heavy atom. The van der Waals surface area contributed by atoms with Crippen molar-refractivity contribution in [2.45, 2.75) is 6.10 Å². The van der Waals surface area contributed by atoms with Gasteiger partial charge in [0.05, 0.1) is 12.7 Å². The van der Waals surface area contributed by atoms with Gasteiger partial charge in [-0.1, -0.05) is 0 Å². The number of β-amino-alcohol motifs (C(OH)–C–C–N with tert-alkyl or cyclic N) is 1. The topological polar surface area (TPSA) is 65.4 Å². The van der Waals surface area contributed by atoms with E-state index in [1.165, 1.54) is 0 Å². The van der Waals surface area contributed by atoms with Crippen molar-refractivity contribution in [3.05, 3.63) is 29.2 Å². The largest absolute Gasteiger partial charge is 0.389 e. The smallest absolute Gasteiger partial charge is 0.108 e. The van der Waals surface area contributed by atoms with Gasteiger partial charge in [-0.2, -0.15) is 0 Å². The van der Waals surface area contributed by atoms with E-state index in [9.17, 15) is 10.0 Å². The number of methoxy groups -OCH3 is 1. The summed E-state index contributed by atoms with van der Waals surface area (Å²) in [6.45, 7) is 4.67. The number of nitroso groups, excluding NO2 is 1.